The van der Waals surface area contributed by atoms with E-state index in [1.807, 2.05) is 0 Å². The Labute approximate surface area is 125 Å². The SMILES string of the molecule is Nc1cc(F)c(Cl)cc1Sc1nnc2n1CCCCC2. The first kappa shape index (κ1) is 13.7. The van der Waals surface area contributed by atoms with Gasteiger partial charge in [-0.2, -0.15) is 0 Å². The Morgan fingerprint density at radius 1 is 1.25 bits per heavy atom. The van der Waals surface area contributed by atoms with Crippen LogP contribution < -0.4 is 5.73 Å². The summed E-state index contributed by atoms with van der Waals surface area (Å²) >= 11 is 7.19. The molecule has 20 heavy (non-hydrogen) atoms. The Morgan fingerprint density at radius 2 is 2.10 bits per heavy atom. The van der Waals surface area contributed by atoms with Gasteiger partial charge in [-0.05, 0) is 36.7 Å². The molecule has 2 aromatic rings. The first-order valence-corrected chi connectivity index (χ1v) is 7.69. The Balaban J connectivity index is 1.92. The molecule has 0 radical (unpaired) electrons. The predicted octanol–water partition coefficient (Wildman–Crippen LogP) is 3.53. The van der Waals surface area contributed by atoms with Crippen LogP contribution in [0.25, 0.3) is 0 Å². The van der Waals surface area contributed by atoms with Crippen molar-refractivity contribution in [2.24, 2.45) is 0 Å². The number of nitrogens with two attached hydrogens (primary N) is 1. The van der Waals surface area contributed by atoms with Crippen LogP contribution in [0.3, 0.4) is 0 Å². The topological polar surface area (TPSA) is 56.7 Å². The lowest BCUT2D eigenvalue weighted by Crippen LogP contribution is -2.02. The fraction of sp³-hybridized carbons (Fsp3) is 0.385. The van der Waals surface area contributed by atoms with Crippen LogP contribution in [0, 0.1) is 5.82 Å². The maximum atomic E-state index is 13.3. The molecule has 0 fully saturated rings. The third-order valence-corrected chi connectivity index (χ3v) is 4.68. The Kier molecular flexibility index (Phi) is 3.85. The molecule has 1 aromatic carbocycles. The van der Waals surface area contributed by atoms with E-state index in [-0.39, 0.29) is 5.02 Å². The van der Waals surface area contributed by atoms with Crippen LogP contribution in [0.15, 0.2) is 22.2 Å². The van der Waals surface area contributed by atoms with Gasteiger partial charge in [0, 0.05) is 23.5 Å². The highest BCUT2D eigenvalue weighted by molar-refractivity contribution is 7.99. The Hall–Kier alpha value is -1.27. The maximum absolute atomic E-state index is 13.3. The minimum absolute atomic E-state index is 0.0669. The van der Waals surface area contributed by atoms with Crippen molar-refractivity contribution in [1.29, 1.82) is 0 Å². The molecule has 0 aliphatic carbocycles. The van der Waals surface area contributed by atoms with E-state index in [1.54, 1.807) is 0 Å². The molecule has 0 bridgehead atoms. The number of nitrogen functional groups attached to an aromatic ring is 1. The summed E-state index contributed by atoms with van der Waals surface area (Å²) in [6.07, 6.45) is 4.43. The molecule has 1 aliphatic rings. The molecule has 0 unspecified atom stereocenters. The van der Waals surface area contributed by atoms with Crippen LogP contribution >= 0.6 is 23.4 Å². The van der Waals surface area contributed by atoms with Crippen molar-refractivity contribution in [3.8, 4) is 0 Å². The Bertz CT molecular complexity index is 644. The first-order chi connectivity index (χ1) is 9.65. The molecule has 106 valence electrons. The summed E-state index contributed by atoms with van der Waals surface area (Å²) in [5.74, 6) is 0.505. The Morgan fingerprint density at radius 3 is 2.95 bits per heavy atom. The van der Waals surface area contributed by atoms with E-state index in [2.05, 4.69) is 14.8 Å². The van der Waals surface area contributed by atoms with Crippen LogP contribution in [-0.4, -0.2) is 14.8 Å². The predicted molar refractivity (Wildman–Crippen MR) is 77.5 cm³/mol. The van der Waals surface area contributed by atoms with Gasteiger partial charge in [0.1, 0.15) is 11.6 Å². The second-order valence-corrected chi connectivity index (χ2v) is 6.18. The van der Waals surface area contributed by atoms with Crippen molar-refractivity contribution in [2.75, 3.05) is 5.73 Å². The molecule has 0 saturated heterocycles. The second-order valence-electron chi connectivity index (χ2n) is 4.77. The second kappa shape index (κ2) is 5.61. The normalized spacial score (nSPS) is 14.9. The summed E-state index contributed by atoms with van der Waals surface area (Å²) in [5.41, 5.74) is 6.20. The van der Waals surface area contributed by atoms with Crippen LogP contribution in [0.1, 0.15) is 25.1 Å². The van der Waals surface area contributed by atoms with E-state index >= 15 is 0 Å². The van der Waals surface area contributed by atoms with Gasteiger partial charge in [-0.15, -0.1) is 10.2 Å². The number of hydrogen-bond donors (Lipinski definition) is 1. The van der Waals surface area contributed by atoms with Gasteiger partial charge in [0.15, 0.2) is 5.16 Å². The first-order valence-electron chi connectivity index (χ1n) is 6.49. The third kappa shape index (κ3) is 2.62. The highest BCUT2D eigenvalue weighted by Crippen LogP contribution is 2.35. The number of rotatable bonds is 2. The van der Waals surface area contributed by atoms with Gasteiger partial charge < -0.3 is 10.3 Å². The van der Waals surface area contributed by atoms with Gasteiger partial charge in [0.25, 0.3) is 0 Å². The van der Waals surface area contributed by atoms with Gasteiger partial charge in [-0.3, -0.25) is 0 Å². The van der Waals surface area contributed by atoms with Crippen molar-refractivity contribution in [1.82, 2.24) is 14.8 Å². The zero-order valence-corrected chi connectivity index (χ0v) is 12.3. The smallest absolute Gasteiger partial charge is 0.196 e. The van der Waals surface area contributed by atoms with Gasteiger partial charge in [-0.25, -0.2) is 4.39 Å². The summed E-state index contributed by atoms with van der Waals surface area (Å²) in [4.78, 5) is 0.704. The van der Waals surface area contributed by atoms with Gasteiger partial charge >= 0.3 is 0 Å². The monoisotopic (exact) mass is 312 g/mol. The number of aromatic nitrogens is 3. The molecular weight excluding hydrogens is 299 g/mol. The number of halogens is 2. The van der Waals surface area contributed by atoms with Gasteiger partial charge in [-0.1, -0.05) is 18.0 Å². The average molecular weight is 313 g/mol. The summed E-state index contributed by atoms with van der Waals surface area (Å²) in [7, 11) is 0. The van der Waals surface area contributed by atoms with Gasteiger partial charge in [0.2, 0.25) is 0 Å². The highest BCUT2D eigenvalue weighted by Gasteiger charge is 2.17. The minimum Gasteiger partial charge on any atom is -0.398 e. The number of anilines is 1. The molecule has 1 aromatic heterocycles. The molecule has 3 rings (SSSR count). The number of fused-ring (bicyclic) bond motifs is 1. The lowest BCUT2D eigenvalue weighted by atomic mass is 10.2. The zero-order chi connectivity index (χ0) is 14.1. The van der Waals surface area contributed by atoms with Gasteiger partial charge in [0.05, 0.1) is 5.02 Å². The molecule has 0 spiro atoms. The van der Waals surface area contributed by atoms with Crippen LogP contribution in [0.2, 0.25) is 5.02 Å². The standard InChI is InChI=1S/C13H14ClFN4S/c14-8-6-11(10(16)7-9(8)15)20-13-18-17-12-4-2-1-3-5-19(12)13/h6-7H,1-5,16H2. The van der Waals surface area contributed by atoms with Crippen molar-refractivity contribution in [3.05, 3.63) is 28.8 Å². The number of benzene rings is 1. The van der Waals surface area contributed by atoms with E-state index in [4.69, 9.17) is 17.3 Å². The fourth-order valence-corrected chi connectivity index (χ4v) is 3.43. The number of nitrogens with zero attached hydrogens (tertiary/aromatic N) is 3. The van der Waals surface area contributed by atoms with E-state index in [1.165, 1.54) is 30.3 Å². The van der Waals surface area contributed by atoms with Crippen LogP contribution in [-0.2, 0) is 13.0 Å². The lowest BCUT2D eigenvalue weighted by Gasteiger charge is -2.08. The summed E-state index contributed by atoms with van der Waals surface area (Å²) in [5, 5.41) is 9.29. The van der Waals surface area contributed by atoms with Crippen molar-refractivity contribution >= 4 is 29.1 Å². The number of aryl methyl sites for hydroxylation is 1. The molecule has 0 amide bonds. The van der Waals surface area contributed by atoms with E-state index < -0.39 is 5.82 Å². The molecule has 7 heteroatoms. The quantitative estimate of drug-likeness (QED) is 0.862. The molecule has 2 heterocycles. The molecule has 2 N–H and O–H groups in total. The van der Waals surface area contributed by atoms with Crippen LogP contribution in [0.4, 0.5) is 10.1 Å². The summed E-state index contributed by atoms with van der Waals surface area (Å²) in [6, 6.07) is 2.78. The molecule has 0 atom stereocenters. The highest BCUT2D eigenvalue weighted by atomic mass is 35.5. The minimum atomic E-state index is -0.506. The fourth-order valence-electron chi connectivity index (χ4n) is 2.26. The van der Waals surface area contributed by atoms with Crippen LogP contribution in [0.5, 0.6) is 0 Å². The summed E-state index contributed by atoms with van der Waals surface area (Å²) < 4.78 is 15.4. The van der Waals surface area contributed by atoms with Crippen molar-refractivity contribution in [2.45, 2.75) is 42.3 Å². The average Bonchev–Trinajstić information content (AvgIpc) is 2.65. The van der Waals surface area contributed by atoms with E-state index in [0.29, 0.717) is 10.6 Å². The third-order valence-electron chi connectivity index (χ3n) is 3.33. The number of hydrogen-bond acceptors (Lipinski definition) is 4. The lowest BCUT2D eigenvalue weighted by molar-refractivity contribution is 0.591. The van der Waals surface area contributed by atoms with Crippen molar-refractivity contribution in [3.63, 3.8) is 0 Å². The zero-order valence-electron chi connectivity index (χ0n) is 10.8. The summed E-state index contributed by atoms with van der Waals surface area (Å²) in [6.45, 7) is 0.916. The molecular formula is C13H14ClFN4S. The van der Waals surface area contributed by atoms with Crippen molar-refractivity contribution < 1.29 is 4.39 Å². The van der Waals surface area contributed by atoms with E-state index in [9.17, 15) is 4.39 Å². The maximum Gasteiger partial charge on any atom is 0.196 e. The largest absolute Gasteiger partial charge is 0.398 e. The molecule has 4 nitrogen and oxygen atoms in total. The van der Waals surface area contributed by atoms with E-state index in [0.717, 1.165) is 36.8 Å². The molecule has 0 saturated carbocycles. The molecule has 1 aliphatic heterocycles.